The Bertz CT molecular complexity index is 430. The minimum atomic E-state index is -4.41. The van der Waals surface area contributed by atoms with Crippen LogP contribution in [-0.2, 0) is 11.0 Å². The van der Waals surface area contributed by atoms with Crippen LogP contribution in [0.15, 0.2) is 24.3 Å². The minimum absolute atomic E-state index is 0.195. The quantitative estimate of drug-likeness (QED) is 0.407. The second kappa shape index (κ2) is 5.11. The first-order valence-electron chi connectivity index (χ1n) is 4.34. The number of alkyl halides is 3. The highest BCUT2D eigenvalue weighted by atomic mass is 32.1. The fraction of sp³-hybridized carbons (Fsp3) is 0.111. The first kappa shape index (κ1) is 13.4. The summed E-state index contributed by atoms with van der Waals surface area (Å²) in [6, 6.07) is 3.96. The molecule has 0 saturated carbocycles. The topological polar surface area (TPSA) is 67.1 Å². The Kier molecular flexibility index (Phi) is 4.02. The van der Waals surface area contributed by atoms with Crippen molar-refractivity contribution in [2.45, 2.75) is 6.18 Å². The van der Waals surface area contributed by atoms with Gasteiger partial charge in [0.2, 0.25) is 0 Å². The van der Waals surface area contributed by atoms with Crippen molar-refractivity contribution in [3.05, 3.63) is 29.8 Å². The van der Waals surface area contributed by atoms with E-state index in [0.29, 0.717) is 0 Å². The van der Waals surface area contributed by atoms with Gasteiger partial charge in [0.05, 0.1) is 5.56 Å². The van der Waals surface area contributed by atoms with Gasteiger partial charge in [-0.05, 0) is 24.3 Å². The SMILES string of the molecule is NNC(=S)C(=O)Nc1ccc(C(F)(F)F)cc1. The van der Waals surface area contributed by atoms with Gasteiger partial charge in [0.15, 0.2) is 4.99 Å². The maximum absolute atomic E-state index is 12.2. The Hall–Kier alpha value is -1.67. The maximum Gasteiger partial charge on any atom is 0.416 e. The van der Waals surface area contributed by atoms with Crippen LogP contribution in [0.1, 0.15) is 5.56 Å². The number of benzene rings is 1. The molecule has 0 aliphatic rings. The van der Waals surface area contributed by atoms with Crippen molar-refractivity contribution < 1.29 is 18.0 Å². The molecular weight excluding hydrogens is 255 g/mol. The summed E-state index contributed by atoms with van der Waals surface area (Å²) in [4.78, 5) is 10.9. The highest BCUT2D eigenvalue weighted by Gasteiger charge is 2.29. The lowest BCUT2D eigenvalue weighted by molar-refractivity contribution is -0.137. The molecule has 0 atom stereocenters. The summed E-state index contributed by atoms with van der Waals surface area (Å²) >= 11 is 4.53. The molecule has 1 rings (SSSR count). The molecule has 1 amide bonds. The number of carbonyl (C=O) groups is 1. The highest BCUT2D eigenvalue weighted by molar-refractivity contribution is 7.82. The molecule has 1 aromatic rings. The number of amides is 1. The van der Waals surface area contributed by atoms with Crippen LogP contribution in [0.4, 0.5) is 18.9 Å². The fourth-order valence-electron chi connectivity index (χ4n) is 0.996. The standard InChI is InChI=1S/C9H8F3N3OS/c10-9(11,12)5-1-3-6(4-2-5)14-7(16)8(17)15-13/h1-4H,13H2,(H,14,16)(H,15,17). The molecule has 0 fully saturated rings. The molecule has 4 N–H and O–H groups in total. The van der Waals surface area contributed by atoms with E-state index in [1.54, 1.807) is 0 Å². The maximum atomic E-state index is 12.2. The Morgan fingerprint density at radius 1 is 1.24 bits per heavy atom. The Morgan fingerprint density at radius 2 is 1.76 bits per heavy atom. The zero-order valence-corrected chi connectivity index (χ0v) is 9.15. The number of nitrogens with two attached hydrogens (primary N) is 1. The molecule has 0 saturated heterocycles. The van der Waals surface area contributed by atoms with Crippen molar-refractivity contribution in [1.29, 1.82) is 0 Å². The van der Waals surface area contributed by atoms with Crippen LogP contribution in [-0.4, -0.2) is 10.9 Å². The summed E-state index contributed by atoms with van der Waals surface area (Å²) in [6.45, 7) is 0. The van der Waals surface area contributed by atoms with E-state index in [0.717, 1.165) is 24.3 Å². The van der Waals surface area contributed by atoms with Gasteiger partial charge in [-0.25, -0.2) is 5.84 Å². The monoisotopic (exact) mass is 263 g/mol. The second-order valence-electron chi connectivity index (χ2n) is 3.00. The van der Waals surface area contributed by atoms with E-state index >= 15 is 0 Å². The molecule has 4 nitrogen and oxygen atoms in total. The third-order valence-electron chi connectivity index (χ3n) is 1.81. The smallest absolute Gasteiger partial charge is 0.320 e. The first-order valence-corrected chi connectivity index (χ1v) is 4.74. The van der Waals surface area contributed by atoms with Crippen LogP contribution in [0, 0.1) is 0 Å². The van der Waals surface area contributed by atoms with Crippen LogP contribution >= 0.6 is 12.2 Å². The van der Waals surface area contributed by atoms with Crippen LogP contribution < -0.4 is 16.6 Å². The summed E-state index contributed by atoms with van der Waals surface area (Å²) in [6.07, 6.45) is -4.41. The Labute approximate surface area is 100.0 Å². The van der Waals surface area contributed by atoms with Crippen LogP contribution in [0.25, 0.3) is 0 Å². The van der Waals surface area contributed by atoms with Crippen molar-refractivity contribution in [2.75, 3.05) is 5.32 Å². The number of carbonyl (C=O) groups excluding carboxylic acids is 1. The van der Waals surface area contributed by atoms with Gasteiger partial charge in [-0.3, -0.25) is 4.79 Å². The lowest BCUT2D eigenvalue weighted by Crippen LogP contribution is -2.38. The van der Waals surface area contributed by atoms with Crippen molar-refractivity contribution in [1.82, 2.24) is 5.43 Å². The number of nitrogens with one attached hydrogen (secondary N) is 2. The highest BCUT2D eigenvalue weighted by Crippen LogP contribution is 2.29. The van der Waals surface area contributed by atoms with Gasteiger partial charge in [-0.15, -0.1) is 0 Å². The summed E-state index contributed by atoms with van der Waals surface area (Å²) in [7, 11) is 0. The number of halogens is 3. The molecule has 0 heterocycles. The van der Waals surface area contributed by atoms with Gasteiger partial charge in [0, 0.05) is 5.69 Å². The average Bonchev–Trinajstić information content (AvgIpc) is 2.27. The summed E-state index contributed by atoms with van der Waals surface area (Å²) in [5.74, 6) is 4.21. The van der Waals surface area contributed by atoms with Gasteiger partial charge < -0.3 is 10.7 Å². The molecule has 1 aromatic carbocycles. The van der Waals surface area contributed by atoms with Crippen LogP contribution in [0.3, 0.4) is 0 Å². The van der Waals surface area contributed by atoms with E-state index in [2.05, 4.69) is 17.5 Å². The van der Waals surface area contributed by atoms with Gasteiger partial charge in [0.25, 0.3) is 5.91 Å². The molecule has 0 unspecified atom stereocenters. The van der Waals surface area contributed by atoms with E-state index in [1.807, 2.05) is 5.43 Å². The first-order chi connectivity index (χ1) is 7.84. The minimum Gasteiger partial charge on any atom is -0.320 e. The van der Waals surface area contributed by atoms with E-state index in [1.165, 1.54) is 0 Å². The number of hydrogen-bond acceptors (Lipinski definition) is 3. The van der Waals surface area contributed by atoms with Gasteiger partial charge >= 0.3 is 6.18 Å². The zero-order chi connectivity index (χ0) is 13.1. The molecule has 92 valence electrons. The van der Waals surface area contributed by atoms with Gasteiger partial charge in [-0.2, -0.15) is 13.2 Å². The number of hydrogen-bond donors (Lipinski definition) is 3. The lowest BCUT2D eigenvalue weighted by atomic mass is 10.2. The number of hydrazine groups is 1. The zero-order valence-electron chi connectivity index (χ0n) is 8.34. The number of anilines is 1. The van der Waals surface area contributed by atoms with Crippen molar-refractivity contribution >= 4 is 28.8 Å². The predicted octanol–water partition coefficient (Wildman–Crippen LogP) is 1.43. The van der Waals surface area contributed by atoms with E-state index in [4.69, 9.17) is 5.84 Å². The van der Waals surface area contributed by atoms with Crippen molar-refractivity contribution in [3.63, 3.8) is 0 Å². The largest absolute Gasteiger partial charge is 0.416 e. The molecule has 0 radical (unpaired) electrons. The molecule has 0 spiro atoms. The van der Waals surface area contributed by atoms with Crippen molar-refractivity contribution in [3.8, 4) is 0 Å². The third kappa shape index (κ3) is 3.68. The van der Waals surface area contributed by atoms with Crippen LogP contribution in [0.2, 0.25) is 0 Å². The predicted molar refractivity (Wildman–Crippen MR) is 60.0 cm³/mol. The van der Waals surface area contributed by atoms with E-state index in [-0.39, 0.29) is 10.7 Å². The molecule has 0 bridgehead atoms. The average molecular weight is 263 g/mol. The van der Waals surface area contributed by atoms with Crippen molar-refractivity contribution in [2.24, 2.45) is 5.84 Å². The van der Waals surface area contributed by atoms with Gasteiger partial charge in [-0.1, -0.05) is 12.2 Å². The Balaban J connectivity index is 2.76. The second-order valence-corrected chi connectivity index (χ2v) is 3.41. The van der Waals surface area contributed by atoms with Gasteiger partial charge in [0.1, 0.15) is 0 Å². The number of rotatable bonds is 1. The summed E-state index contributed by atoms with van der Waals surface area (Å²) < 4.78 is 36.7. The molecule has 0 aliphatic heterocycles. The molecule has 0 aliphatic carbocycles. The number of thiocarbonyl (C=S) groups is 1. The molecular formula is C9H8F3N3OS. The fourth-order valence-corrected chi connectivity index (χ4v) is 1.05. The van der Waals surface area contributed by atoms with E-state index < -0.39 is 17.6 Å². The summed E-state index contributed by atoms with van der Waals surface area (Å²) in [5.41, 5.74) is 1.36. The molecule has 0 aromatic heterocycles. The Morgan fingerprint density at radius 3 is 2.18 bits per heavy atom. The molecule has 8 heteroatoms. The lowest BCUT2D eigenvalue weighted by Gasteiger charge is -2.08. The third-order valence-corrected chi connectivity index (χ3v) is 2.11. The molecule has 17 heavy (non-hydrogen) atoms. The van der Waals surface area contributed by atoms with Crippen LogP contribution in [0.5, 0.6) is 0 Å². The summed E-state index contributed by atoms with van der Waals surface area (Å²) in [5, 5.41) is 2.28. The van der Waals surface area contributed by atoms with E-state index in [9.17, 15) is 18.0 Å². The normalized spacial score (nSPS) is 10.8.